The van der Waals surface area contributed by atoms with Crippen molar-refractivity contribution in [3.05, 3.63) is 60.4 Å². The SMILES string of the molecule is CC(C)[C@@H](Nc1ncnc2ccc(F)cc12)c1nc2ccccc2[nH]1. The lowest BCUT2D eigenvalue weighted by Crippen LogP contribution is -2.19. The van der Waals surface area contributed by atoms with Crippen molar-refractivity contribution in [2.75, 3.05) is 5.32 Å². The van der Waals surface area contributed by atoms with Gasteiger partial charge in [-0.25, -0.2) is 19.3 Å². The van der Waals surface area contributed by atoms with Crippen molar-refractivity contribution in [1.82, 2.24) is 19.9 Å². The van der Waals surface area contributed by atoms with Crippen LogP contribution in [0.3, 0.4) is 0 Å². The van der Waals surface area contributed by atoms with Gasteiger partial charge < -0.3 is 10.3 Å². The topological polar surface area (TPSA) is 66.5 Å². The third-order valence-corrected chi connectivity index (χ3v) is 4.26. The maximum atomic E-state index is 13.7. The number of imidazole rings is 1. The summed E-state index contributed by atoms with van der Waals surface area (Å²) < 4.78 is 13.7. The molecule has 0 spiro atoms. The van der Waals surface area contributed by atoms with Crippen LogP contribution in [-0.2, 0) is 0 Å². The molecule has 0 fully saturated rings. The van der Waals surface area contributed by atoms with Crippen LogP contribution in [0.5, 0.6) is 0 Å². The summed E-state index contributed by atoms with van der Waals surface area (Å²) in [4.78, 5) is 16.6. The van der Waals surface area contributed by atoms with Gasteiger partial charge in [0.15, 0.2) is 0 Å². The summed E-state index contributed by atoms with van der Waals surface area (Å²) >= 11 is 0. The monoisotopic (exact) mass is 335 g/mol. The smallest absolute Gasteiger partial charge is 0.137 e. The minimum atomic E-state index is -0.310. The van der Waals surface area contributed by atoms with E-state index in [9.17, 15) is 4.39 Å². The van der Waals surface area contributed by atoms with Gasteiger partial charge in [0.05, 0.1) is 22.6 Å². The van der Waals surface area contributed by atoms with Crippen LogP contribution in [-0.4, -0.2) is 19.9 Å². The normalized spacial score (nSPS) is 12.8. The number of para-hydroxylation sites is 2. The number of hydrogen-bond acceptors (Lipinski definition) is 4. The molecule has 2 aromatic carbocycles. The summed E-state index contributed by atoms with van der Waals surface area (Å²) in [5.74, 6) is 1.37. The average molecular weight is 335 g/mol. The van der Waals surface area contributed by atoms with E-state index in [0.29, 0.717) is 16.7 Å². The zero-order valence-electron chi connectivity index (χ0n) is 14.0. The molecule has 2 N–H and O–H groups in total. The predicted molar refractivity (Wildman–Crippen MR) is 96.8 cm³/mol. The van der Waals surface area contributed by atoms with Gasteiger partial charge in [0.2, 0.25) is 0 Å². The Bertz CT molecular complexity index is 1010. The van der Waals surface area contributed by atoms with Gasteiger partial charge in [-0.15, -0.1) is 0 Å². The molecule has 0 aliphatic heterocycles. The van der Waals surface area contributed by atoms with E-state index in [0.717, 1.165) is 16.9 Å². The Labute approximate surface area is 144 Å². The molecule has 1 atom stereocenters. The lowest BCUT2D eigenvalue weighted by Gasteiger charge is -2.21. The number of nitrogens with one attached hydrogen (secondary N) is 2. The summed E-state index contributed by atoms with van der Waals surface area (Å²) in [6.45, 7) is 4.21. The number of H-pyrrole nitrogens is 1. The van der Waals surface area contributed by atoms with Gasteiger partial charge in [0.1, 0.15) is 23.8 Å². The highest BCUT2D eigenvalue weighted by Gasteiger charge is 2.21. The number of nitrogens with zero attached hydrogens (tertiary/aromatic N) is 3. The molecule has 0 saturated carbocycles. The first-order valence-electron chi connectivity index (χ1n) is 8.23. The van der Waals surface area contributed by atoms with Crippen LogP contribution >= 0.6 is 0 Å². The molecule has 126 valence electrons. The zero-order valence-corrected chi connectivity index (χ0v) is 14.0. The van der Waals surface area contributed by atoms with E-state index in [1.165, 1.54) is 18.5 Å². The highest BCUT2D eigenvalue weighted by molar-refractivity contribution is 5.89. The second kappa shape index (κ2) is 6.12. The quantitative estimate of drug-likeness (QED) is 0.578. The Morgan fingerprint density at radius 1 is 1.04 bits per heavy atom. The fourth-order valence-electron chi connectivity index (χ4n) is 2.96. The molecule has 0 bridgehead atoms. The first-order valence-corrected chi connectivity index (χ1v) is 8.23. The summed E-state index contributed by atoms with van der Waals surface area (Å²) in [6.07, 6.45) is 1.48. The Morgan fingerprint density at radius 2 is 1.88 bits per heavy atom. The van der Waals surface area contributed by atoms with Gasteiger partial charge in [0.25, 0.3) is 0 Å². The number of rotatable bonds is 4. The summed E-state index contributed by atoms with van der Waals surface area (Å²) in [6, 6.07) is 12.3. The number of aromatic nitrogens is 4. The van der Waals surface area contributed by atoms with Crippen LogP contribution in [0.2, 0.25) is 0 Å². The minimum Gasteiger partial charge on any atom is -0.359 e. The van der Waals surface area contributed by atoms with Crippen LogP contribution in [0.1, 0.15) is 25.7 Å². The van der Waals surface area contributed by atoms with E-state index in [4.69, 9.17) is 4.98 Å². The lowest BCUT2D eigenvalue weighted by molar-refractivity contribution is 0.525. The van der Waals surface area contributed by atoms with E-state index in [-0.39, 0.29) is 17.8 Å². The standard InChI is InChI=1S/C19H18FN5/c1-11(2)17(19-23-15-5-3-4-6-16(15)24-19)25-18-13-9-12(20)7-8-14(13)21-10-22-18/h3-11,17H,1-2H3,(H,23,24)(H,21,22,25)/t17-/m1/s1. The molecule has 25 heavy (non-hydrogen) atoms. The molecule has 2 aromatic heterocycles. The molecule has 0 radical (unpaired) electrons. The van der Waals surface area contributed by atoms with Gasteiger partial charge in [-0.05, 0) is 36.2 Å². The molecule has 4 rings (SSSR count). The second-order valence-electron chi connectivity index (χ2n) is 6.39. The van der Waals surface area contributed by atoms with E-state index in [1.54, 1.807) is 6.07 Å². The maximum Gasteiger partial charge on any atom is 0.137 e. The van der Waals surface area contributed by atoms with E-state index >= 15 is 0 Å². The second-order valence-corrected chi connectivity index (χ2v) is 6.39. The minimum absolute atomic E-state index is 0.0891. The largest absolute Gasteiger partial charge is 0.359 e. The van der Waals surface area contributed by atoms with Crippen molar-refractivity contribution < 1.29 is 4.39 Å². The number of benzene rings is 2. The van der Waals surface area contributed by atoms with Crippen molar-refractivity contribution in [3.63, 3.8) is 0 Å². The zero-order chi connectivity index (χ0) is 17.4. The first-order chi connectivity index (χ1) is 12.1. The Balaban J connectivity index is 1.77. The van der Waals surface area contributed by atoms with Crippen molar-refractivity contribution in [2.45, 2.75) is 19.9 Å². The average Bonchev–Trinajstić information content (AvgIpc) is 3.03. The molecule has 6 heteroatoms. The lowest BCUT2D eigenvalue weighted by atomic mass is 10.0. The predicted octanol–water partition coefficient (Wildman–Crippen LogP) is 4.45. The van der Waals surface area contributed by atoms with Crippen LogP contribution < -0.4 is 5.32 Å². The number of anilines is 1. The summed E-state index contributed by atoms with van der Waals surface area (Å²) in [5, 5.41) is 4.07. The van der Waals surface area contributed by atoms with Crippen LogP contribution in [0.4, 0.5) is 10.2 Å². The molecular formula is C19H18FN5. The van der Waals surface area contributed by atoms with Crippen molar-refractivity contribution in [1.29, 1.82) is 0 Å². The Hall–Kier alpha value is -3.02. The van der Waals surface area contributed by atoms with Gasteiger partial charge in [-0.1, -0.05) is 26.0 Å². The van der Waals surface area contributed by atoms with E-state index in [2.05, 4.69) is 34.1 Å². The van der Waals surface area contributed by atoms with Crippen LogP contribution in [0, 0.1) is 11.7 Å². The number of aromatic amines is 1. The van der Waals surface area contributed by atoms with Crippen molar-refractivity contribution in [3.8, 4) is 0 Å². The van der Waals surface area contributed by atoms with Crippen LogP contribution in [0.15, 0.2) is 48.8 Å². The molecule has 0 aliphatic rings. The molecular weight excluding hydrogens is 317 g/mol. The number of fused-ring (bicyclic) bond motifs is 2. The number of halogens is 1. The summed E-state index contributed by atoms with van der Waals surface area (Å²) in [7, 11) is 0. The molecule has 0 amide bonds. The fraction of sp³-hybridized carbons (Fsp3) is 0.211. The van der Waals surface area contributed by atoms with Crippen molar-refractivity contribution in [2.24, 2.45) is 5.92 Å². The molecule has 0 saturated heterocycles. The third-order valence-electron chi connectivity index (χ3n) is 4.26. The fourth-order valence-corrected chi connectivity index (χ4v) is 2.96. The van der Waals surface area contributed by atoms with Crippen molar-refractivity contribution >= 4 is 27.8 Å². The maximum absolute atomic E-state index is 13.7. The molecule has 2 heterocycles. The molecule has 0 unspecified atom stereocenters. The summed E-state index contributed by atoms with van der Waals surface area (Å²) in [5.41, 5.74) is 2.61. The Kier molecular flexibility index (Phi) is 3.80. The number of hydrogen-bond donors (Lipinski definition) is 2. The highest BCUT2D eigenvalue weighted by atomic mass is 19.1. The van der Waals surface area contributed by atoms with Gasteiger partial charge in [-0.3, -0.25) is 0 Å². The molecule has 5 nitrogen and oxygen atoms in total. The Morgan fingerprint density at radius 3 is 2.68 bits per heavy atom. The first kappa shape index (κ1) is 15.5. The van der Waals surface area contributed by atoms with Crippen LogP contribution in [0.25, 0.3) is 21.9 Å². The van der Waals surface area contributed by atoms with Gasteiger partial charge in [0, 0.05) is 5.39 Å². The molecule has 0 aliphatic carbocycles. The van der Waals surface area contributed by atoms with Gasteiger partial charge in [-0.2, -0.15) is 0 Å². The molecule has 4 aromatic rings. The van der Waals surface area contributed by atoms with Gasteiger partial charge >= 0.3 is 0 Å². The van der Waals surface area contributed by atoms with E-state index < -0.39 is 0 Å². The third kappa shape index (κ3) is 2.91. The van der Waals surface area contributed by atoms with E-state index in [1.807, 2.05) is 24.3 Å². The highest BCUT2D eigenvalue weighted by Crippen LogP contribution is 2.29.